The Kier molecular flexibility index (Phi) is 5.78. The number of carbonyl (C=O) groups excluding carboxylic acids is 1. The van der Waals surface area contributed by atoms with Gasteiger partial charge in [0.05, 0.1) is 0 Å². The minimum absolute atomic E-state index is 0.172. The Morgan fingerprint density at radius 3 is 2.64 bits per heavy atom. The van der Waals surface area contributed by atoms with Gasteiger partial charge in [0.2, 0.25) is 0 Å². The van der Waals surface area contributed by atoms with E-state index in [0.29, 0.717) is 17.0 Å². The van der Waals surface area contributed by atoms with Gasteiger partial charge in [-0.3, -0.25) is 9.78 Å². The molecule has 0 aliphatic carbocycles. The molecule has 0 bridgehead atoms. The quantitative estimate of drug-likeness (QED) is 0.562. The van der Waals surface area contributed by atoms with Crippen molar-refractivity contribution in [3.05, 3.63) is 78.1 Å². The third-order valence-corrected chi connectivity index (χ3v) is 8.50. The molecular formula is C24H26FN3O4S. The largest absolute Gasteiger partial charge is 0.488 e. The van der Waals surface area contributed by atoms with Crippen molar-refractivity contribution in [2.24, 2.45) is 0 Å². The van der Waals surface area contributed by atoms with Crippen LogP contribution in [0, 0.1) is 5.82 Å². The van der Waals surface area contributed by atoms with E-state index in [1.165, 1.54) is 37.5 Å². The number of aromatic amines is 1. The smallest absolute Gasteiger partial charge is 0.252 e. The molecule has 9 heteroatoms. The second-order valence-corrected chi connectivity index (χ2v) is 11.2. The molecule has 1 aliphatic heterocycles. The highest BCUT2D eigenvalue weighted by atomic mass is 32.2. The molecule has 0 fully saturated rings. The molecule has 2 aromatic heterocycles. The number of aromatic nitrogens is 2. The summed E-state index contributed by atoms with van der Waals surface area (Å²) in [5, 5.41) is 2.77. The molecule has 2 unspecified atom stereocenters. The number of nitrogens with zero attached hydrogens (tertiary/aromatic N) is 1. The zero-order valence-corrected chi connectivity index (χ0v) is 19.4. The van der Waals surface area contributed by atoms with E-state index in [0.717, 1.165) is 0 Å². The van der Waals surface area contributed by atoms with Gasteiger partial charge in [0.25, 0.3) is 5.91 Å². The molecule has 0 spiro atoms. The molecular weight excluding hydrogens is 445 g/mol. The maximum absolute atomic E-state index is 14.4. The minimum Gasteiger partial charge on any atom is -0.488 e. The maximum Gasteiger partial charge on any atom is 0.252 e. The average Bonchev–Trinajstić information content (AvgIpc) is 3.29. The van der Waals surface area contributed by atoms with E-state index in [1.54, 1.807) is 30.5 Å². The van der Waals surface area contributed by atoms with Crippen molar-refractivity contribution >= 4 is 21.4 Å². The van der Waals surface area contributed by atoms with Gasteiger partial charge in [-0.2, -0.15) is 0 Å². The van der Waals surface area contributed by atoms with Crippen LogP contribution in [0.4, 0.5) is 10.1 Å². The fraction of sp³-hybridized carbons (Fsp3) is 0.333. The minimum atomic E-state index is -4.11. The molecule has 1 aromatic carbocycles. The summed E-state index contributed by atoms with van der Waals surface area (Å²) in [6.07, 6.45) is 4.75. The lowest BCUT2D eigenvalue weighted by Gasteiger charge is -2.45. The molecule has 2 atom stereocenters. The Balaban J connectivity index is 2.03. The summed E-state index contributed by atoms with van der Waals surface area (Å²) in [5.74, 6) is -2.12. The molecule has 174 valence electrons. The number of hydrogen-bond donors (Lipinski definition) is 2. The number of nitrogens with one attached hydrogen (secondary N) is 2. The molecule has 4 rings (SSSR count). The second-order valence-electron chi connectivity index (χ2n) is 8.71. The third kappa shape index (κ3) is 3.90. The number of H-pyrrole nitrogens is 1. The molecule has 1 aliphatic rings. The Morgan fingerprint density at radius 2 is 2.00 bits per heavy atom. The average molecular weight is 472 g/mol. The summed E-state index contributed by atoms with van der Waals surface area (Å²) in [5.41, 5.74) is 0.163. The highest BCUT2D eigenvalue weighted by molar-refractivity contribution is 7.93. The number of carbonyl (C=O) groups is 1. The molecule has 1 amide bonds. The van der Waals surface area contributed by atoms with Gasteiger partial charge < -0.3 is 15.0 Å². The summed E-state index contributed by atoms with van der Waals surface area (Å²) in [6.45, 7) is 5.15. The van der Waals surface area contributed by atoms with Crippen LogP contribution < -0.4 is 10.1 Å². The van der Waals surface area contributed by atoms with Gasteiger partial charge in [0, 0.05) is 47.2 Å². The second kappa shape index (κ2) is 8.30. The fourth-order valence-corrected chi connectivity index (χ4v) is 6.52. The van der Waals surface area contributed by atoms with Gasteiger partial charge in [0.1, 0.15) is 17.2 Å². The van der Waals surface area contributed by atoms with Crippen molar-refractivity contribution in [3.8, 4) is 5.75 Å². The van der Waals surface area contributed by atoms with Crippen molar-refractivity contribution in [1.82, 2.24) is 9.97 Å². The van der Waals surface area contributed by atoms with Gasteiger partial charge in [0.15, 0.2) is 14.6 Å². The summed E-state index contributed by atoms with van der Waals surface area (Å²) >= 11 is 0. The maximum atomic E-state index is 14.4. The standard InChI is InChI=1S/C24H26FN3O4S/c1-4-33(30,31)24(21-6-5-11-27-21,22(29)28-17-9-12-26-13-10-17)19-15-23(2,3)32-20-8-7-16(25)14-18(19)20/h5-14,19,27H,4,15H2,1-3H3,(H,26,28,29). The van der Waals surface area contributed by atoms with Crippen LogP contribution in [-0.4, -0.2) is 35.6 Å². The number of benzene rings is 1. The normalized spacial score (nSPS) is 19.1. The van der Waals surface area contributed by atoms with Crippen molar-refractivity contribution in [3.63, 3.8) is 0 Å². The van der Waals surface area contributed by atoms with E-state index in [-0.39, 0.29) is 17.9 Å². The highest BCUT2D eigenvalue weighted by Crippen LogP contribution is 2.53. The van der Waals surface area contributed by atoms with Crippen LogP contribution in [0.5, 0.6) is 5.75 Å². The van der Waals surface area contributed by atoms with Crippen LogP contribution in [-0.2, 0) is 19.4 Å². The molecule has 0 saturated carbocycles. The van der Waals surface area contributed by atoms with E-state index in [1.807, 2.05) is 13.8 Å². The lowest BCUT2D eigenvalue weighted by molar-refractivity contribution is -0.120. The zero-order chi connectivity index (χ0) is 23.9. The zero-order valence-electron chi connectivity index (χ0n) is 18.6. The van der Waals surface area contributed by atoms with Gasteiger partial charge in [-0.25, -0.2) is 12.8 Å². The molecule has 2 N–H and O–H groups in total. The van der Waals surface area contributed by atoms with Gasteiger partial charge >= 0.3 is 0 Å². The van der Waals surface area contributed by atoms with Crippen LogP contribution >= 0.6 is 0 Å². The summed E-state index contributed by atoms with van der Waals surface area (Å²) in [4.78, 5) is 21.0. The number of hydrogen-bond acceptors (Lipinski definition) is 5. The SMILES string of the molecule is CCS(=O)(=O)C(C(=O)Nc1ccncc1)(c1ccc[nH]1)C1CC(C)(C)Oc2ccc(F)cc21. The first kappa shape index (κ1) is 23.0. The lowest BCUT2D eigenvalue weighted by atomic mass is 9.74. The number of anilines is 1. The fourth-order valence-electron chi connectivity index (χ4n) is 4.63. The van der Waals surface area contributed by atoms with Crippen LogP contribution in [0.3, 0.4) is 0 Å². The first-order valence-corrected chi connectivity index (χ1v) is 12.3. The Morgan fingerprint density at radius 1 is 1.27 bits per heavy atom. The first-order valence-electron chi connectivity index (χ1n) is 10.7. The van der Waals surface area contributed by atoms with Crippen LogP contribution in [0.1, 0.15) is 44.4 Å². The third-order valence-electron chi connectivity index (χ3n) is 6.06. The van der Waals surface area contributed by atoms with Crippen molar-refractivity contribution < 1.29 is 22.3 Å². The molecule has 0 saturated heterocycles. The van der Waals surface area contributed by atoms with E-state index < -0.39 is 37.8 Å². The summed E-state index contributed by atoms with van der Waals surface area (Å²) in [7, 11) is -4.11. The van der Waals surface area contributed by atoms with Gasteiger partial charge in [-0.15, -0.1) is 0 Å². The van der Waals surface area contributed by atoms with Crippen molar-refractivity contribution in [2.75, 3.05) is 11.1 Å². The van der Waals surface area contributed by atoms with E-state index in [4.69, 9.17) is 4.74 Å². The summed E-state index contributed by atoms with van der Waals surface area (Å²) < 4.78 is 46.2. The lowest BCUT2D eigenvalue weighted by Crippen LogP contribution is -2.55. The molecule has 33 heavy (non-hydrogen) atoms. The Hall–Kier alpha value is -3.20. The number of fused-ring (bicyclic) bond motifs is 1. The topological polar surface area (TPSA) is 101 Å². The molecule has 7 nitrogen and oxygen atoms in total. The van der Waals surface area contributed by atoms with Gasteiger partial charge in [-0.1, -0.05) is 6.92 Å². The first-order chi connectivity index (χ1) is 15.6. The number of amides is 1. The number of pyridine rings is 1. The Labute approximate surface area is 192 Å². The number of rotatable bonds is 6. The number of halogens is 1. The molecule has 0 radical (unpaired) electrons. The van der Waals surface area contributed by atoms with Crippen molar-refractivity contribution in [1.29, 1.82) is 0 Å². The van der Waals surface area contributed by atoms with Crippen LogP contribution in [0.15, 0.2) is 61.1 Å². The molecule has 3 heterocycles. The number of ether oxygens (including phenoxy) is 1. The van der Waals surface area contributed by atoms with Gasteiger partial charge in [-0.05, 0) is 62.7 Å². The van der Waals surface area contributed by atoms with E-state index in [2.05, 4.69) is 15.3 Å². The van der Waals surface area contributed by atoms with Crippen LogP contribution in [0.25, 0.3) is 0 Å². The van der Waals surface area contributed by atoms with Crippen LogP contribution in [0.2, 0.25) is 0 Å². The molecule has 3 aromatic rings. The number of sulfone groups is 1. The van der Waals surface area contributed by atoms with E-state index >= 15 is 0 Å². The monoisotopic (exact) mass is 471 g/mol. The van der Waals surface area contributed by atoms with Crippen molar-refractivity contribution in [2.45, 2.75) is 43.5 Å². The van der Waals surface area contributed by atoms with E-state index in [9.17, 15) is 17.6 Å². The Bertz CT molecular complexity index is 1260. The predicted molar refractivity (Wildman–Crippen MR) is 123 cm³/mol. The summed E-state index contributed by atoms with van der Waals surface area (Å²) in [6, 6.07) is 10.4. The highest BCUT2D eigenvalue weighted by Gasteiger charge is 2.60. The predicted octanol–water partition coefficient (Wildman–Crippen LogP) is 4.16.